The van der Waals surface area contributed by atoms with E-state index >= 15 is 0 Å². The number of thioether (sulfide) groups is 1. The van der Waals surface area contributed by atoms with Crippen LogP contribution in [0.1, 0.15) is 0 Å². The molecule has 5 nitrogen and oxygen atoms in total. The summed E-state index contributed by atoms with van der Waals surface area (Å²) in [6, 6.07) is 0. The van der Waals surface area contributed by atoms with Crippen molar-refractivity contribution >= 4 is 28.7 Å². The molecule has 0 fully saturated rings. The summed E-state index contributed by atoms with van der Waals surface area (Å²) >= 11 is 1.43. The molecule has 2 rings (SSSR count). The van der Waals surface area contributed by atoms with Crippen molar-refractivity contribution in [3.8, 4) is 12.3 Å². The molecule has 6 heteroatoms. The summed E-state index contributed by atoms with van der Waals surface area (Å²) in [6.07, 6.45) is 6.52. The molecule has 0 saturated heterocycles. The van der Waals surface area contributed by atoms with Gasteiger partial charge in [0.2, 0.25) is 0 Å². The van der Waals surface area contributed by atoms with Crippen molar-refractivity contribution in [3.05, 3.63) is 6.33 Å². The third-order valence-electron chi connectivity index (χ3n) is 1.59. The van der Waals surface area contributed by atoms with Crippen LogP contribution >= 0.6 is 11.8 Å². The van der Waals surface area contributed by atoms with Crippen molar-refractivity contribution in [3.63, 3.8) is 0 Å². The highest BCUT2D eigenvalue weighted by Gasteiger charge is 2.06. The van der Waals surface area contributed by atoms with Gasteiger partial charge < -0.3 is 10.7 Å². The van der Waals surface area contributed by atoms with Crippen LogP contribution in [-0.2, 0) is 0 Å². The van der Waals surface area contributed by atoms with Crippen molar-refractivity contribution in [2.75, 3.05) is 11.5 Å². The Balaban J connectivity index is 2.42. The molecule has 0 atom stereocenters. The molecule has 2 heterocycles. The van der Waals surface area contributed by atoms with Crippen LogP contribution in [0.5, 0.6) is 0 Å². The van der Waals surface area contributed by atoms with Gasteiger partial charge in [0.05, 0.1) is 5.75 Å². The number of fused-ring (bicyclic) bond motifs is 1. The zero-order valence-electron chi connectivity index (χ0n) is 7.19. The first-order chi connectivity index (χ1) is 6.81. The molecule has 0 aromatic carbocycles. The lowest BCUT2D eigenvalue weighted by Gasteiger charge is -1.90. The van der Waals surface area contributed by atoms with Crippen LogP contribution in [0.25, 0.3) is 11.2 Å². The van der Waals surface area contributed by atoms with E-state index in [1.807, 2.05) is 0 Å². The Morgan fingerprint density at radius 3 is 3.14 bits per heavy atom. The molecule has 0 saturated carbocycles. The predicted octanol–water partition coefficient (Wildman–Crippen LogP) is 0.660. The molecule has 0 bridgehead atoms. The number of nitrogens with two attached hydrogens (primary N) is 1. The summed E-state index contributed by atoms with van der Waals surface area (Å²) in [5, 5.41) is 0.713. The number of H-pyrrole nitrogens is 1. The Bertz CT molecular complexity index is 498. The van der Waals surface area contributed by atoms with Crippen molar-refractivity contribution in [1.29, 1.82) is 0 Å². The van der Waals surface area contributed by atoms with E-state index in [0.717, 1.165) is 0 Å². The summed E-state index contributed by atoms with van der Waals surface area (Å²) in [4.78, 5) is 15.0. The molecule has 0 aliphatic carbocycles. The number of imidazole rings is 1. The normalized spacial score (nSPS) is 10.2. The van der Waals surface area contributed by atoms with Crippen LogP contribution in [0.4, 0.5) is 5.82 Å². The second kappa shape index (κ2) is 3.55. The summed E-state index contributed by atoms with van der Waals surface area (Å²) in [5.41, 5.74) is 6.85. The molecule has 0 spiro atoms. The van der Waals surface area contributed by atoms with E-state index in [1.165, 1.54) is 18.1 Å². The van der Waals surface area contributed by atoms with Gasteiger partial charge in [0.15, 0.2) is 16.6 Å². The third-order valence-corrected chi connectivity index (χ3v) is 2.37. The molecule has 0 radical (unpaired) electrons. The van der Waals surface area contributed by atoms with Crippen molar-refractivity contribution in [1.82, 2.24) is 19.9 Å². The quantitative estimate of drug-likeness (QED) is 0.556. The van der Waals surface area contributed by atoms with Crippen LogP contribution in [0.15, 0.2) is 11.5 Å². The maximum absolute atomic E-state index is 5.63. The molecule has 2 aromatic rings. The van der Waals surface area contributed by atoms with E-state index in [4.69, 9.17) is 12.2 Å². The van der Waals surface area contributed by atoms with Crippen LogP contribution in [0.3, 0.4) is 0 Å². The summed E-state index contributed by atoms with van der Waals surface area (Å²) < 4.78 is 0. The van der Waals surface area contributed by atoms with E-state index in [9.17, 15) is 0 Å². The smallest absolute Gasteiger partial charge is 0.183 e. The first-order valence-corrected chi connectivity index (χ1v) is 4.82. The van der Waals surface area contributed by atoms with Gasteiger partial charge in [0.25, 0.3) is 0 Å². The number of hydrogen-bond donors (Lipinski definition) is 2. The van der Waals surface area contributed by atoms with Crippen molar-refractivity contribution < 1.29 is 0 Å². The highest BCUT2D eigenvalue weighted by Crippen LogP contribution is 2.19. The van der Waals surface area contributed by atoms with E-state index < -0.39 is 0 Å². The summed E-state index contributed by atoms with van der Waals surface area (Å²) in [7, 11) is 0. The molecule has 0 aliphatic rings. The first-order valence-electron chi connectivity index (χ1n) is 3.83. The number of nitrogens with one attached hydrogen (secondary N) is 1. The molecule has 70 valence electrons. The predicted molar refractivity (Wildman–Crippen MR) is 55.7 cm³/mol. The van der Waals surface area contributed by atoms with Crippen molar-refractivity contribution in [2.24, 2.45) is 0 Å². The number of rotatable bonds is 2. The largest absolute Gasteiger partial charge is 0.382 e. The van der Waals surface area contributed by atoms with Gasteiger partial charge in [0.1, 0.15) is 11.8 Å². The Morgan fingerprint density at radius 1 is 1.57 bits per heavy atom. The molecular weight excluding hydrogens is 198 g/mol. The molecule has 0 aliphatic heterocycles. The Morgan fingerprint density at radius 2 is 2.43 bits per heavy atom. The fraction of sp³-hybridized carbons (Fsp3) is 0.125. The van der Waals surface area contributed by atoms with Crippen LogP contribution < -0.4 is 5.73 Å². The van der Waals surface area contributed by atoms with Crippen molar-refractivity contribution in [2.45, 2.75) is 5.16 Å². The lowest BCUT2D eigenvalue weighted by atomic mass is 10.5. The molecule has 14 heavy (non-hydrogen) atoms. The number of aromatic nitrogens is 4. The average molecular weight is 205 g/mol. The Hall–Kier alpha value is -1.74. The average Bonchev–Trinajstić information content (AvgIpc) is 2.59. The molecular formula is C8H7N5S. The first kappa shape index (κ1) is 8.84. The molecule has 3 N–H and O–H groups in total. The highest BCUT2D eigenvalue weighted by molar-refractivity contribution is 7.99. The topological polar surface area (TPSA) is 80.5 Å². The van der Waals surface area contributed by atoms with E-state index in [1.54, 1.807) is 0 Å². The van der Waals surface area contributed by atoms with Gasteiger partial charge in [-0.05, 0) is 0 Å². The number of anilines is 1. The highest BCUT2D eigenvalue weighted by atomic mass is 32.2. The number of nitrogens with zero attached hydrogens (tertiary/aromatic N) is 3. The van der Waals surface area contributed by atoms with E-state index in [0.29, 0.717) is 27.9 Å². The SMILES string of the molecule is C#CCSc1nc2ncnc(N)c2[nH]1. The Kier molecular flexibility index (Phi) is 2.24. The summed E-state index contributed by atoms with van der Waals surface area (Å²) in [6.45, 7) is 0. The van der Waals surface area contributed by atoms with Gasteiger partial charge in [-0.3, -0.25) is 0 Å². The maximum atomic E-state index is 5.63. The molecule has 0 unspecified atom stereocenters. The fourth-order valence-corrected chi connectivity index (χ4v) is 1.55. The minimum Gasteiger partial charge on any atom is -0.382 e. The number of aromatic amines is 1. The second-order valence-electron chi connectivity index (χ2n) is 2.49. The lowest BCUT2D eigenvalue weighted by Crippen LogP contribution is -1.91. The number of hydrogen-bond acceptors (Lipinski definition) is 5. The van der Waals surface area contributed by atoms with Crippen LogP contribution in [-0.4, -0.2) is 25.7 Å². The van der Waals surface area contributed by atoms with Crippen LogP contribution in [0, 0.1) is 12.3 Å². The number of terminal acetylenes is 1. The monoisotopic (exact) mass is 205 g/mol. The minimum absolute atomic E-state index is 0.398. The van der Waals surface area contributed by atoms with Gasteiger partial charge in [-0.15, -0.1) is 6.42 Å². The van der Waals surface area contributed by atoms with Gasteiger partial charge in [0, 0.05) is 0 Å². The zero-order valence-corrected chi connectivity index (χ0v) is 8.01. The Labute approximate surface area is 84.5 Å². The molecule has 2 aromatic heterocycles. The van der Waals surface area contributed by atoms with Gasteiger partial charge >= 0.3 is 0 Å². The standard InChI is InChI=1S/C8H7N5S/c1-2-3-14-8-12-5-6(9)10-4-11-7(5)13-8/h1,4H,3H2,(H3,9,10,11,12,13). The lowest BCUT2D eigenvalue weighted by molar-refractivity contribution is 1.08. The second-order valence-corrected chi connectivity index (χ2v) is 3.46. The van der Waals surface area contributed by atoms with E-state index in [2.05, 4.69) is 25.9 Å². The maximum Gasteiger partial charge on any atom is 0.183 e. The van der Waals surface area contributed by atoms with Gasteiger partial charge in [-0.25, -0.2) is 15.0 Å². The van der Waals surface area contributed by atoms with Crippen LogP contribution in [0.2, 0.25) is 0 Å². The van der Waals surface area contributed by atoms with Gasteiger partial charge in [-0.2, -0.15) is 0 Å². The fourth-order valence-electron chi connectivity index (χ4n) is 1.00. The van der Waals surface area contributed by atoms with Gasteiger partial charge in [-0.1, -0.05) is 17.7 Å². The molecule has 0 amide bonds. The summed E-state index contributed by atoms with van der Waals surface area (Å²) in [5.74, 6) is 3.47. The number of nitrogen functional groups attached to an aromatic ring is 1. The zero-order chi connectivity index (χ0) is 9.97. The third kappa shape index (κ3) is 1.49. The van der Waals surface area contributed by atoms with E-state index in [-0.39, 0.29) is 0 Å². The minimum atomic E-state index is 0.398.